The average molecular weight is 242 g/mol. The number of fused-ring (bicyclic) bond motifs is 1. The van der Waals surface area contributed by atoms with Crippen LogP contribution in [-0.4, -0.2) is 30.1 Å². The summed E-state index contributed by atoms with van der Waals surface area (Å²) < 4.78 is 1.38. The molecular formula is C10H6N6O2. The van der Waals surface area contributed by atoms with Gasteiger partial charge in [-0.3, -0.25) is 10.1 Å². The van der Waals surface area contributed by atoms with Crippen molar-refractivity contribution in [1.29, 1.82) is 0 Å². The molecule has 18 heavy (non-hydrogen) atoms. The Kier molecular flexibility index (Phi) is 2.19. The van der Waals surface area contributed by atoms with Crippen LogP contribution in [0.1, 0.15) is 0 Å². The molecule has 0 N–H and O–H groups in total. The van der Waals surface area contributed by atoms with E-state index in [0.29, 0.717) is 16.7 Å². The van der Waals surface area contributed by atoms with E-state index in [4.69, 9.17) is 0 Å². The van der Waals surface area contributed by atoms with Crippen LogP contribution in [0.25, 0.3) is 16.7 Å². The lowest BCUT2D eigenvalue weighted by atomic mass is 10.2. The summed E-state index contributed by atoms with van der Waals surface area (Å²) in [6, 6.07) is 6.31. The summed E-state index contributed by atoms with van der Waals surface area (Å²) in [4.78, 5) is 10.5. The largest absolute Gasteiger partial charge is 0.294 e. The fourth-order valence-corrected chi connectivity index (χ4v) is 1.67. The molecule has 0 radical (unpaired) electrons. The fourth-order valence-electron chi connectivity index (χ4n) is 1.67. The fraction of sp³-hybridized carbons (Fsp3) is 0. The third kappa shape index (κ3) is 1.47. The Morgan fingerprint density at radius 3 is 2.78 bits per heavy atom. The van der Waals surface area contributed by atoms with Gasteiger partial charge in [-0.05, 0) is 6.07 Å². The van der Waals surface area contributed by atoms with Crippen molar-refractivity contribution in [2.75, 3.05) is 0 Å². The van der Waals surface area contributed by atoms with E-state index in [2.05, 4.69) is 20.5 Å². The lowest BCUT2D eigenvalue weighted by Crippen LogP contribution is -2.01. The van der Waals surface area contributed by atoms with Gasteiger partial charge in [-0.2, -0.15) is 10.2 Å². The summed E-state index contributed by atoms with van der Waals surface area (Å²) in [5, 5.41) is 26.1. The molecule has 0 fully saturated rings. The molecule has 0 unspecified atom stereocenters. The highest BCUT2D eigenvalue weighted by Crippen LogP contribution is 2.23. The Hall–Kier alpha value is -2.90. The smallest absolute Gasteiger partial charge is 0.258 e. The van der Waals surface area contributed by atoms with Crippen LogP contribution in [0.2, 0.25) is 0 Å². The number of nitro groups is 1. The molecule has 8 heteroatoms. The summed E-state index contributed by atoms with van der Waals surface area (Å²) in [5.41, 5.74) is 1.40. The minimum Gasteiger partial charge on any atom is -0.258 e. The highest BCUT2D eigenvalue weighted by atomic mass is 16.6. The van der Waals surface area contributed by atoms with Crippen LogP contribution in [0.4, 0.5) is 5.69 Å². The van der Waals surface area contributed by atoms with Crippen LogP contribution in [0.15, 0.2) is 36.7 Å². The molecule has 0 atom stereocenters. The van der Waals surface area contributed by atoms with Gasteiger partial charge >= 0.3 is 0 Å². The highest BCUT2D eigenvalue weighted by Gasteiger charge is 2.17. The molecule has 0 amide bonds. The minimum atomic E-state index is -0.461. The maximum Gasteiger partial charge on any atom is 0.294 e. The van der Waals surface area contributed by atoms with Gasteiger partial charge in [-0.1, -0.05) is 17.3 Å². The van der Waals surface area contributed by atoms with Gasteiger partial charge in [-0.25, -0.2) is 4.68 Å². The second kappa shape index (κ2) is 3.84. The summed E-state index contributed by atoms with van der Waals surface area (Å²) in [6.07, 6.45) is 2.92. The van der Waals surface area contributed by atoms with Crippen molar-refractivity contribution in [2.24, 2.45) is 0 Å². The Morgan fingerprint density at radius 2 is 1.94 bits per heavy atom. The average Bonchev–Trinajstić information content (AvgIpc) is 2.82. The summed E-state index contributed by atoms with van der Waals surface area (Å²) in [7, 11) is 0. The lowest BCUT2D eigenvalue weighted by molar-refractivity contribution is -0.384. The summed E-state index contributed by atoms with van der Waals surface area (Å²) in [6.45, 7) is 0. The Labute approximate surface area is 100 Å². The van der Waals surface area contributed by atoms with Gasteiger partial charge in [0.2, 0.25) is 0 Å². The van der Waals surface area contributed by atoms with Crippen LogP contribution in [0.3, 0.4) is 0 Å². The Bertz CT molecular complexity index is 738. The number of nitrogens with zero attached hydrogens (tertiary/aromatic N) is 6. The zero-order chi connectivity index (χ0) is 12.5. The zero-order valence-electron chi connectivity index (χ0n) is 8.96. The van der Waals surface area contributed by atoms with E-state index in [1.807, 2.05) is 0 Å². The SMILES string of the molecule is O=[N+]([O-])c1ccccc1-n1nnc2cnncc21. The van der Waals surface area contributed by atoms with Crippen molar-refractivity contribution in [3.8, 4) is 5.69 Å². The monoisotopic (exact) mass is 242 g/mol. The van der Waals surface area contributed by atoms with Gasteiger partial charge in [0.15, 0.2) is 0 Å². The third-order valence-corrected chi connectivity index (χ3v) is 2.47. The first-order chi connectivity index (χ1) is 8.77. The van der Waals surface area contributed by atoms with Crippen molar-refractivity contribution in [3.05, 3.63) is 46.8 Å². The first-order valence-corrected chi connectivity index (χ1v) is 5.03. The Balaban J connectivity index is 2.30. The minimum absolute atomic E-state index is 0.0406. The van der Waals surface area contributed by atoms with Crippen LogP contribution < -0.4 is 0 Å². The second-order valence-corrected chi connectivity index (χ2v) is 3.51. The molecule has 0 spiro atoms. The van der Waals surface area contributed by atoms with Gasteiger partial charge in [0.25, 0.3) is 5.69 Å². The van der Waals surface area contributed by atoms with Gasteiger partial charge in [-0.15, -0.1) is 5.10 Å². The first-order valence-electron chi connectivity index (χ1n) is 5.03. The number of nitro benzene ring substituents is 1. The van der Waals surface area contributed by atoms with E-state index in [9.17, 15) is 10.1 Å². The number of rotatable bonds is 2. The van der Waals surface area contributed by atoms with Crippen LogP contribution in [-0.2, 0) is 0 Å². The first kappa shape index (κ1) is 10.3. The molecule has 0 aliphatic carbocycles. The molecule has 0 bridgehead atoms. The molecule has 88 valence electrons. The predicted octanol–water partition coefficient (Wildman–Crippen LogP) is 1.12. The normalized spacial score (nSPS) is 10.7. The molecule has 3 aromatic rings. The van der Waals surface area contributed by atoms with Crippen molar-refractivity contribution < 1.29 is 4.92 Å². The quantitative estimate of drug-likeness (QED) is 0.493. The second-order valence-electron chi connectivity index (χ2n) is 3.51. The van der Waals surface area contributed by atoms with Crippen LogP contribution >= 0.6 is 0 Å². The number of para-hydroxylation sites is 2. The highest BCUT2D eigenvalue weighted by molar-refractivity contribution is 5.75. The molecule has 3 rings (SSSR count). The van der Waals surface area contributed by atoms with Crippen molar-refractivity contribution in [2.45, 2.75) is 0 Å². The van der Waals surface area contributed by atoms with E-state index in [-0.39, 0.29) is 5.69 Å². The molecule has 0 saturated carbocycles. The van der Waals surface area contributed by atoms with Crippen molar-refractivity contribution in [3.63, 3.8) is 0 Å². The molecule has 2 heterocycles. The van der Waals surface area contributed by atoms with Crippen LogP contribution in [0, 0.1) is 10.1 Å². The van der Waals surface area contributed by atoms with E-state index in [1.165, 1.54) is 23.1 Å². The number of aromatic nitrogens is 5. The molecule has 1 aromatic carbocycles. The summed E-state index contributed by atoms with van der Waals surface area (Å²) >= 11 is 0. The maximum absolute atomic E-state index is 11.0. The van der Waals surface area contributed by atoms with Crippen LogP contribution in [0.5, 0.6) is 0 Å². The number of hydrogen-bond donors (Lipinski definition) is 0. The molecule has 8 nitrogen and oxygen atoms in total. The maximum atomic E-state index is 11.0. The van der Waals surface area contributed by atoms with E-state index in [1.54, 1.807) is 18.2 Å². The Morgan fingerprint density at radius 1 is 1.17 bits per heavy atom. The third-order valence-electron chi connectivity index (χ3n) is 2.47. The summed E-state index contributed by atoms with van der Waals surface area (Å²) in [5.74, 6) is 0. The van der Waals surface area contributed by atoms with Gasteiger partial charge in [0, 0.05) is 6.07 Å². The molecule has 0 saturated heterocycles. The van der Waals surface area contributed by atoms with E-state index < -0.39 is 4.92 Å². The topological polar surface area (TPSA) is 99.6 Å². The standard InChI is InChI=1S/C10H6N6O2/c17-16(18)9-4-2-1-3-8(9)15-10-6-12-11-5-7(10)13-14-15/h1-6H. The number of benzene rings is 1. The molecular weight excluding hydrogens is 236 g/mol. The van der Waals surface area contributed by atoms with Gasteiger partial charge < -0.3 is 0 Å². The van der Waals surface area contributed by atoms with Gasteiger partial charge in [0.05, 0.1) is 17.3 Å². The van der Waals surface area contributed by atoms with Crippen molar-refractivity contribution in [1.82, 2.24) is 25.2 Å². The van der Waals surface area contributed by atoms with Gasteiger partial charge in [0.1, 0.15) is 16.7 Å². The number of hydrogen-bond acceptors (Lipinski definition) is 6. The molecule has 0 aliphatic heterocycles. The molecule has 2 aromatic heterocycles. The van der Waals surface area contributed by atoms with E-state index in [0.717, 1.165) is 0 Å². The molecule has 0 aliphatic rings. The lowest BCUT2D eigenvalue weighted by Gasteiger charge is -2.02. The van der Waals surface area contributed by atoms with Crippen molar-refractivity contribution >= 4 is 16.7 Å². The zero-order valence-corrected chi connectivity index (χ0v) is 8.96. The predicted molar refractivity (Wildman–Crippen MR) is 61.1 cm³/mol. The van der Waals surface area contributed by atoms with E-state index >= 15 is 0 Å².